The predicted molar refractivity (Wildman–Crippen MR) is 66.5 cm³/mol. The molecule has 0 N–H and O–H groups in total. The zero-order valence-electron chi connectivity index (χ0n) is 10.8. The van der Waals surface area contributed by atoms with Crippen LogP contribution in [0.5, 0.6) is 0 Å². The van der Waals surface area contributed by atoms with Gasteiger partial charge >= 0.3 is 5.97 Å². The van der Waals surface area contributed by atoms with Gasteiger partial charge in [-0.05, 0) is 38.5 Å². The quantitative estimate of drug-likeness (QED) is 0.546. The van der Waals surface area contributed by atoms with Crippen LogP contribution in [0, 0.1) is 11.8 Å². The lowest BCUT2D eigenvalue weighted by atomic mass is 9.73. The third-order valence-corrected chi connectivity index (χ3v) is 3.44. The second-order valence-corrected chi connectivity index (χ2v) is 4.80. The number of hydrogen-bond acceptors (Lipinski definition) is 3. The van der Waals surface area contributed by atoms with Crippen molar-refractivity contribution in [2.45, 2.75) is 46.0 Å². The van der Waals surface area contributed by atoms with Crippen molar-refractivity contribution in [3.8, 4) is 0 Å². The zero-order valence-corrected chi connectivity index (χ0v) is 10.8. The highest BCUT2D eigenvalue weighted by atomic mass is 16.5. The summed E-state index contributed by atoms with van der Waals surface area (Å²) in [5.74, 6) is 0.302. The van der Waals surface area contributed by atoms with Gasteiger partial charge in [0.1, 0.15) is 5.78 Å². The van der Waals surface area contributed by atoms with Crippen LogP contribution in [0.3, 0.4) is 0 Å². The number of ketones is 1. The predicted octanol–water partition coefficient (Wildman–Crippen LogP) is 2.89. The van der Waals surface area contributed by atoms with Crippen molar-refractivity contribution in [1.82, 2.24) is 0 Å². The summed E-state index contributed by atoms with van der Waals surface area (Å²) in [7, 11) is 0. The molecular formula is C14H22O3. The summed E-state index contributed by atoms with van der Waals surface area (Å²) in [5, 5.41) is 0. The molecule has 0 saturated heterocycles. The molecule has 1 fully saturated rings. The molecule has 96 valence electrons. The van der Waals surface area contributed by atoms with Crippen LogP contribution in [0.1, 0.15) is 46.0 Å². The topological polar surface area (TPSA) is 43.4 Å². The lowest BCUT2D eigenvalue weighted by molar-refractivity contribution is -0.139. The van der Waals surface area contributed by atoms with Crippen molar-refractivity contribution < 1.29 is 14.3 Å². The smallest absolute Gasteiger partial charge is 0.333 e. The van der Waals surface area contributed by atoms with E-state index >= 15 is 0 Å². The molecule has 3 nitrogen and oxygen atoms in total. The molecule has 0 radical (unpaired) electrons. The van der Waals surface area contributed by atoms with E-state index in [1.165, 1.54) is 0 Å². The Bertz CT molecular complexity index is 307. The van der Waals surface area contributed by atoms with Gasteiger partial charge in [0, 0.05) is 12.0 Å². The Morgan fingerprint density at radius 2 is 1.94 bits per heavy atom. The summed E-state index contributed by atoms with van der Waals surface area (Å²) in [6, 6.07) is 0. The molecule has 0 bridgehead atoms. The first-order chi connectivity index (χ1) is 8.06. The van der Waals surface area contributed by atoms with E-state index in [4.69, 9.17) is 4.74 Å². The Balaban J connectivity index is 2.66. The highest BCUT2D eigenvalue weighted by Crippen LogP contribution is 2.37. The number of rotatable bonds is 5. The summed E-state index contributed by atoms with van der Waals surface area (Å²) >= 11 is 0. The molecule has 0 heterocycles. The Hall–Kier alpha value is -1.12. The molecular weight excluding hydrogens is 216 g/mol. The fourth-order valence-corrected chi connectivity index (χ4v) is 2.66. The van der Waals surface area contributed by atoms with Crippen LogP contribution in [0.25, 0.3) is 0 Å². The van der Waals surface area contributed by atoms with Crippen LogP contribution in [0.4, 0.5) is 0 Å². The molecule has 1 aliphatic carbocycles. The molecule has 0 aromatic rings. The summed E-state index contributed by atoms with van der Waals surface area (Å²) in [6.07, 6.45) is 4.78. The third kappa shape index (κ3) is 3.99. The van der Waals surface area contributed by atoms with E-state index in [0.29, 0.717) is 18.6 Å². The van der Waals surface area contributed by atoms with Crippen molar-refractivity contribution in [3.05, 3.63) is 12.2 Å². The number of esters is 1. The minimum absolute atomic E-state index is 0.131. The molecule has 0 amide bonds. The minimum atomic E-state index is -0.298. The summed E-state index contributed by atoms with van der Waals surface area (Å²) < 4.78 is 4.99. The van der Waals surface area contributed by atoms with Crippen LogP contribution < -0.4 is 0 Å². The first kappa shape index (κ1) is 13.9. The SMILES string of the molecule is C=C(C(=O)OCC)[C@H]1CCCC[C@@H]1CC(C)=O. The van der Waals surface area contributed by atoms with Gasteiger partial charge in [0.05, 0.1) is 6.61 Å². The van der Waals surface area contributed by atoms with E-state index in [-0.39, 0.29) is 23.6 Å². The molecule has 1 saturated carbocycles. The number of ether oxygens (including phenoxy) is 1. The van der Waals surface area contributed by atoms with E-state index in [9.17, 15) is 9.59 Å². The van der Waals surface area contributed by atoms with Crippen molar-refractivity contribution in [2.24, 2.45) is 11.8 Å². The lowest BCUT2D eigenvalue weighted by Crippen LogP contribution is -2.27. The Kier molecular flexibility index (Phi) is 5.39. The number of carbonyl (C=O) groups excluding carboxylic acids is 2. The first-order valence-electron chi connectivity index (χ1n) is 6.41. The molecule has 0 aliphatic heterocycles. The Morgan fingerprint density at radius 1 is 1.29 bits per heavy atom. The minimum Gasteiger partial charge on any atom is -0.463 e. The van der Waals surface area contributed by atoms with Gasteiger partial charge in [-0.3, -0.25) is 0 Å². The number of hydrogen-bond donors (Lipinski definition) is 0. The van der Waals surface area contributed by atoms with Gasteiger partial charge in [0.2, 0.25) is 0 Å². The van der Waals surface area contributed by atoms with E-state index in [1.54, 1.807) is 13.8 Å². The van der Waals surface area contributed by atoms with Crippen molar-refractivity contribution in [3.63, 3.8) is 0 Å². The van der Waals surface area contributed by atoms with Gasteiger partial charge < -0.3 is 9.53 Å². The van der Waals surface area contributed by atoms with Crippen molar-refractivity contribution in [2.75, 3.05) is 6.61 Å². The second kappa shape index (κ2) is 6.58. The molecule has 0 aromatic carbocycles. The van der Waals surface area contributed by atoms with Crippen LogP contribution in [-0.4, -0.2) is 18.4 Å². The van der Waals surface area contributed by atoms with Gasteiger partial charge in [-0.25, -0.2) is 4.79 Å². The maximum absolute atomic E-state index is 11.7. The van der Waals surface area contributed by atoms with Crippen molar-refractivity contribution >= 4 is 11.8 Å². The van der Waals surface area contributed by atoms with Crippen molar-refractivity contribution in [1.29, 1.82) is 0 Å². The summed E-state index contributed by atoms with van der Waals surface area (Å²) in [6.45, 7) is 7.65. The lowest BCUT2D eigenvalue weighted by Gasteiger charge is -2.31. The van der Waals surface area contributed by atoms with Gasteiger partial charge in [0.15, 0.2) is 0 Å². The van der Waals surface area contributed by atoms with Gasteiger partial charge in [-0.2, -0.15) is 0 Å². The molecule has 0 spiro atoms. The molecule has 0 aromatic heterocycles. The standard InChI is InChI=1S/C14H22O3/c1-4-17-14(16)11(3)13-8-6-5-7-12(13)9-10(2)15/h12-13H,3-9H2,1-2H3/t12-,13-/m1/s1. The molecule has 2 atom stereocenters. The monoisotopic (exact) mass is 238 g/mol. The van der Waals surface area contributed by atoms with Gasteiger partial charge in [-0.1, -0.05) is 19.4 Å². The van der Waals surface area contributed by atoms with Gasteiger partial charge in [-0.15, -0.1) is 0 Å². The number of carbonyl (C=O) groups is 2. The first-order valence-corrected chi connectivity index (χ1v) is 6.41. The highest BCUT2D eigenvalue weighted by molar-refractivity contribution is 5.88. The fourth-order valence-electron chi connectivity index (χ4n) is 2.66. The molecule has 1 rings (SSSR count). The molecule has 1 aliphatic rings. The van der Waals surface area contributed by atoms with Crippen LogP contribution >= 0.6 is 0 Å². The van der Waals surface area contributed by atoms with E-state index < -0.39 is 0 Å². The third-order valence-electron chi connectivity index (χ3n) is 3.44. The van der Waals surface area contributed by atoms with Crippen LogP contribution in [0.2, 0.25) is 0 Å². The molecule has 3 heteroatoms. The zero-order chi connectivity index (χ0) is 12.8. The summed E-state index contributed by atoms with van der Waals surface area (Å²) in [5.41, 5.74) is 0.554. The van der Waals surface area contributed by atoms with E-state index in [0.717, 1.165) is 25.7 Å². The highest BCUT2D eigenvalue weighted by Gasteiger charge is 2.31. The van der Waals surface area contributed by atoms with Crippen LogP contribution in [-0.2, 0) is 14.3 Å². The largest absolute Gasteiger partial charge is 0.463 e. The Labute approximate surface area is 103 Å². The fraction of sp³-hybridized carbons (Fsp3) is 0.714. The number of Topliss-reactive ketones (excluding diaryl/α,β-unsaturated/α-hetero) is 1. The summed E-state index contributed by atoms with van der Waals surface area (Å²) in [4.78, 5) is 22.9. The molecule has 17 heavy (non-hydrogen) atoms. The Morgan fingerprint density at radius 3 is 2.53 bits per heavy atom. The maximum Gasteiger partial charge on any atom is 0.333 e. The normalized spacial score (nSPS) is 24.1. The second-order valence-electron chi connectivity index (χ2n) is 4.80. The van der Waals surface area contributed by atoms with E-state index in [2.05, 4.69) is 6.58 Å². The average Bonchev–Trinajstić information content (AvgIpc) is 2.28. The van der Waals surface area contributed by atoms with E-state index in [1.807, 2.05) is 0 Å². The maximum atomic E-state index is 11.7. The average molecular weight is 238 g/mol. The van der Waals surface area contributed by atoms with Gasteiger partial charge in [0.25, 0.3) is 0 Å². The van der Waals surface area contributed by atoms with Crippen LogP contribution in [0.15, 0.2) is 12.2 Å². The molecule has 0 unspecified atom stereocenters.